The summed E-state index contributed by atoms with van der Waals surface area (Å²) >= 11 is 0. The minimum absolute atomic E-state index is 0.212. The summed E-state index contributed by atoms with van der Waals surface area (Å²) in [6, 6.07) is 14.3. The zero-order valence-electron chi connectivity index (χ0n) is 13.3. The molecular formula is C19H23NO. The molecule has 0 atom stereocenters. The zero-order valence-corrected chi connectivity index (χ0v) is 13.3. The van der Waals surface area contributed by atoms with Crippen molar-refractivity contribution in [2.24, 2.45) is 0 Å². The molecule has 0 radical (unpaired) electrons. The molecule has 2 rings (SSSR count). The molecule has 0 aliphatic carbocycles. The minimum Gasteiger partial charge on any atom is -0.374 e. The van der Waals surface area contributed by atoms with Gasteiger partial charge in [-0.3, -0.25) is 4.79 Å². The third-order valence-corrected chi connectivity index (χ3v) is 3.77. The van der Waals surface area contributed by atoms with Gasteiger partial charge in [0, 0.05) is 31.3 Å². The first-order valence-corrected chi connectivity index (χ1v) is 7.35. The van der Waals surface area contributed by atoms with E-state index in [0.29, 0.717) is 6.42 Å². The summed E-state index contributed by atoms with van der Waals surface area (Å²) in [6.07, 6.45) is 0.536. The van der Waals surface area contributed by atoms with Crippen LogP contribution in [0.2, 0.25) is 0 Å². The highest BCUT2D eigenvalue weighted by Gasteiger charge is 2.10. The highest BCUT2D eigenvalue weighted by molar-refractivity contribution is 5.97. The number of aryl methyl sites for hydroxylation is 3. The molecule has 2 aromatic rings. The van der Waals surface area contributed by atoms with Gasteiger partial charge in [0.2, 0.25) is 0 Å². The van der Waals surface area contributed by atoms with Gasteiger partial charge in [-0.15, -0.1) is 0 Å². The summed E-state index contributed by atoms with van der Waals surface area (Å²) in [4.78, 5) is 14.5. The fourth-order valence-electron chi connectivity index (χ4n) is 2.59. The van der Waals surface area contributed by atoms with Gasteiger partial charge in [0.25, 0.3) is 0 Å². The number of hydrogen-bond donors (Lipinski definition) is 0. The van der Waals surface area contributed by atoms with Gasteiger partial charge in [0.05, 0.1) is 0 Å². The monoisotopic (exact) mass is 281 g/mol. The van der Waals surface area contributed by atoms with Gasteiger partial charge in [-0.25, -0.2) is 0 Å². The van der Waals surface area contributed by atoms with Gasteiger partial charge >= 0.3 is 0 Å². The average molecular weight is 281 g/mol. The Morgan fingerprint density at radius 1 is 1.00 bits per heavy atom. The lowest BCUT2D eigenvalue weighted by Crippen LogP contribution is -2.21. The van der Waals surface area contributed by atoms with E-state index in [1.54, 1.807) is 0 Å². The van der Waals surface area contributed by atoms with Crippen LogP contribution in [0.25, 0.3) is 0 Å². The van der Waals surface area contributed by atoms with Gasteiger partial charge in [0.1, 0.15) is 0 Å². The molecule has 0 aromatic heterocycles. The molecule has 2 aromatic carbocycles. The number of benzene rings is 2. The molecule has 0 bridgehead atoms. The smallest absolute Gasteiger partial charge is 0.164 e. The third kappa shape index (κ3) is 3.94. The van der Waals surface area contributed by atoms with E-state index in [9.17, 15) is 4.79 Å². The van der Waals surface area contributed by atoms with Crippen molar-refractivity contribution >= 4 is 11.5 Å². The van der Waals surface area contributed by atoms with Crippen LogP contribution < -0.4 is 4.90 Å². The Labute approximate surface area is 127 Å². The van der Waals surface area contributed by atoms with Gasteiger partial charge in [-0.2, -0.15) is 0 Å². The van der Waals surface area contributed by atoms with Crippen LogP contribution in [-0.2, 0) is 0 Å². The Bertz CT molecular complexity index is 626. The fraction of sp³-hybridized carbons (Fsp3) is 0.316. The number of Topliss-reactive ketones (excluding diaryl/α,β-unsaturated/α-hetero) is 1. The molecule has 110 valence electrons. The lowest BCUT2D eigenvalue weighted by atomic mass is 10.0. The van der Waals surface area contributed by atoms with Crippen molar-refractivity contribution in [3.8, 4) is 0 Å². The summed E-state index contributed by atoms with van der Waals surface area (Å²) in [5.41, 5.74) is 5.57. The normalized spacial score (nSPS) is 10.5. The molecule has 0 saturated heterocycles. The molecule has 0 N–H and O–H groups in total. The standard InChI is InChI=1S/C19H23NO/c1-14-11-15(2)13-17(12-14)20(4)10-9-19(21)18-8-6-5-7-16(18)3/h5-8,11-13H,9-10H2,1-4H3. The molecule has 21 heavy (non-hydrogen) atoms. The van der Waals surface area contributed by atoms with Crippen molar-refractivity contribution in [1.82, 2.24) is 0 Å². The van der Waals surface area contributed by atoms with Crippen LogP contribution in [-0.4, -0.2) is 19.4 Å². The number of ketones is 1. The highest BCUT2D eigenvalue weighted by atomic mass is 16.1. The van der Waals surface area contributed by atoms with Crippen LogP contribution in [0.5, 0.6) is 0 Å². The van der Waals surface area contributed by atoms with Gasteiger partial charge in [-0.05, 0) is 49.6 Å². The Hall–Kier alpha value is -2.09. The summed E-state index contributed by atoms with van der Waals surface area (Å²) in [5.74, 6) is 0.212. The number of carbonyl (C=O) groups is 1. The van der Waals surface area contributed by atoms with Crippen molar-refractivity contribution < 1.29 is 4.79 Å². The van der Waals surface area contributed by atoms with Crippen LogP contribution >= 0.6 is 0 Å². The number of carbonyl (C=O) groups excluding carboxylic acids is 1. The molecular weight excluding hydrogens is 258 g/mol. The molecule has 2 nitrogen and oxygen atoms in total. The van der Waals surface area contributed by atoms with Gasteiger partial charge < -0.3 is 4.90 Å². The van der Waals surface area contributed by atoms with Crippen LogP contribution in [0.3, 0.4) is 0 Å². The molecule has 0 fully saturated rings. The van der Waals surface area contributed by atoms with E-state index in [0.717, 1.165) is 17.7 Å². The second kappa shape index (κ2) is 6.57. The van der Waals surface area contributed by atoms with E-state index in [1.807, 2.05) is 38.2 Å². The molecule has 0 spiro atoms. The lowest BCUT2D eigenvalue weighted by molar-refractivity contribution is 0.0984. The molecule has 0 aliphatic rings. The summed E-state index contributed by atoms with van der Waals surface area (Å²) in [5, 5.41) is 0. The van der Waals surface area contributed by atoms with Crippen LogP contribution in [0.4, 0.5) is 5.69 Å². The topological polar surface area (TPSA) is 20.3 Å². The summed E-state index contributed by atoms with van der Waals surface area (Å²) < 4.78 is 0. The molecule has 0 amide bonds. The van der Waals surface area contributed by atoms with E-state index >= 15 is 0 Å². The Morgan fingerprint density at radius 2 is 1.62 bits per heavy atom. The Kier molecular flexibility index (Phi) is 4.79. The van der Waals surface area contributed by atoms with Crippen molar-refractivity contribution in [3.63, 3.8) is 0 Å². The first-order chi connectivity index (χ1) is 9.97. The lowest BCUT2D eigenvalue weighted by Gasteiger charge is -2.20. The first kappa shape index (κ1) is 15.3. The predicted octanol–water partition coefficient (Wildman–Crippen LogP) is 4.32. The maximum absolute atomic E-state index is 12.3. The largest absolute Gasteiger partial charge is 0.374 e. The Morgan fingerprint density at radius 3 is 2.24 bits per heavy atom. The van der Waals surface area contributed by atoms with Crippen LogP contribution in [0.1, 0.15) is 33.5 Å². The quantitative estimate of drug-likeness (QED) is 0.761. The second-order valence-electron chi connectivity index (χ2n) is 5.76. The third-order valence-electron chi connectivity index (χ3n) is 3.77. The number of rotatable bonds is 5. The van der Waals surface area contributed by atoms with E-state index in [4.69, 9.17) is 0 Å². The molecule has 0 saturated carbocycles. The average Bonchev–Trinajstić information content (AvgIpc) is 2.43. The molecule has 0 heterocycles. The maximum atomic E-state index is 12.3. The van der Waals surface area contributed by atoms with Crippen molar-refractivity contribution in [2.45, 2.75) is 27.2 Å². The fourth-order valence-corrected chi connectivity index (χ4v) is 2.59. The van der Waals surface area contributed by atoms with E-state index < -0.39 is 0 Å². The number of hydrogen-bond acceptors (Lipinski definition) is 2. The Balaban J connectivity index is 2.02. The van der Waals surface area contributed by atoms with Crippen molar-refractivity contribution in [1.29, 1.82) is 0 Å². The molecule has 2 heteroatoms. The van der Waals surface area contributed by atoms with Crippen LogP contribution in [0, 0.1) is 20.8 Å². The maximum Gasteiger partial charge on any atom is 0.164 e. The highest BCUT2D eigenvalue weighted by Crippen LogP contribution is 2.18. The molecule has 0 aliphatic heterocycles. The van der Waals surface area contributed by atoms with Gasteiger partial charge in [0.15, 0.2) is 5.78 Å². The SMILES string of the molecule is Cc1cc(C)cc(N(C)CCC(=O)c2ccccc2C)c1. The minimum atomic E-state index is 0.212. The van der Waals surface area contributed by atoms with Crippen LogP contribution in [0.15, 0.2) is 42.5 Å². The van der Waals surface area contributed by atoms with E-state index in [1.165, 1.54) is 16.8 Å². The predicted molar refractivity (Wildman–Crippen MR) is 89.3 cm³/mol. The first-order valence-electron chi connectivity index (χ1n) is 7.35. The zero-order chi connectivity index (χ0) is 15.4. The van der Waals surface area contributed by atoms with Gasteiger partial charge in [-0.1, -0.05) is 30.3 Å². The van der Waals surface area contributed by atoms with Crippen molar-refractivity contribution in [2.75, 3.05) is 18.5 Å². The van der Waals surface area contributed by atoms with E-state index in [-0.39, 0.29) is 5.78 Å². The molecule has 0 unspecified atom stereocenters. The summed E-state index contributed by atoms with van der Waals surface area (Å²) in [6.45, 7) is 6.92. The van der Waals surface area contributed by atoms with Crippen molar-refractivity contribution in [3.05, 3.63) is 64.7 Å². The number of anilines is 1. The second-order valence-corrected chi connectivity index (χ2v) is 5.76. The van der Waals surface area contributed by atoms with E-state index in [2.05, 4.69) is 36.9 Å². The summed E-state index contributed by atoms with van der Waals surface area (Å²) in [7, 11) is 2.04. The number of nitrogens with zero attached hydrogens (tertiary/aromatic N) is 1.